The van der Waals surface area contributed by atoms with Crippen molar-refractivity contribution in [1.29, 1.82) is 0 Å². The number of hydrogen-bond acceptors (Lipinski definition) is 7. The van der Waals surface area contributed by atoms with Crippen LogP contribution in [0.15, 0.2) is 64.4 Å². The van der Waals surface area contributed by atoms with Gasteiger partial charge in [-0.25, -0.2) is 15.3 Å². The lowest BCUT2D eigenvalue weighted by atomic mass is 10.4. The number of nitrogens with one attached hydrogen (secondary N) is 2. The van der Waals surface area contributed by atoms with Crippen LogP contribution in [0.4, 0.5) is 5.95 Å². The second-order valence-corrected chi connectivity index (χ2v) is 11.0. The number of aromatic nitrogens is 2. The van der Waals surface area contributed by atoms with Crippen LogP contribution in [-0.2, 0) is 24.9 Å². The van der Waals surface area contributed by atoms with Crippen molar-refractivity contribution in [2.75, 3.05) is 12.4 Å². The first kappa shape index (κ1) is 28.6. The molecule has 0 bridgehead atoms. The summed E-state index contributed by atoms with van der Waals surface area (Å²) in [7, 11) is -7.87. The highest BCUT2D eigenvalue weighted by Gasteiger charge is 2.35. The molecule has 0 aliphatic heterocycles. The van der Waals surface area contributed by atoms with Gasteiger partial charge in [0, 0.05) is 15.5 Å². The Labute approximate surface area is 219 Å². The standard InChI is InChI=1S/C20H19Cl2N5O5S2.ClH/c1-13-12-14(2)24-19(23-13)25-20(26-33(28,29)17-10-6-4-8-15(17)21)27(32-3)34(30,31)18-11-7-5-9-16(18)22;/h4-12H,1-3H3,(H,23,24,25,26);1H/p+1. The van der Waals surface area contributed by atoms with Gasteiger partial charge in [-0.05, 0) is 44.2 Å². The number of rotatable bonds is 6. The van der Waals surface area contributed by atoms with Crippen LogP contribution in [0.5, 0.6) is 0 Å². The highest BCUT2D eigenvalue weighted by Crippen LogP contribution is 2.24. The molecule has 0 radical (unpaired) electrons. The molecule has 0 unspecified atom stereocenters. The minimum absolute atomic E-state index is 0. The zero-order chi connectivity index (χ0) is 25.1. The van der Waals surface area contributed by atoms with Gasteiger partial charge in [0.2, 0.25) is 0 Å². The third-order valence-electron chi connectivity index (χ3n) is 4.25. The van der Waals surface area contributed by atoms with E-state index in [0.717, 1.165) is 7.11 Å². The number of nitrogens with zero attached hydrogens (tertiary/aromatic N) is 3. The van der Waals surface area contributed by atoms with Gasteiger partial charge in [-0.15, -0.1) is 12.4 Å². The summed E-state index contributed by atoms with van der Waals surface area (Å²) in [5, 5.41) is 2.42. The summed E-state index contributed by atoms with van der Waals surface area (Å²) >= 11 is 12.2. The maximum atomic E-state index is 13.4. The Morgan fingerprint density at radius 2 is 1.37 bits per heavy atom. The predicted octanol–water partition coefficient (Wildman–Crippen LogP) is 3.53. The van der Waals surface area contributed by atoms with E-state index in [4.69, 9.17) is 28.0 Å². The molecule has 0 fully saturated rings. The Morgan fingerprint density at radius 1 is 0.886 bits per heavy atom. The monoisotopic (exact) mass is 580 g/mol. The van der Waals surface area contributed by atoms with E-state index in [1.165, 1.54) is 36.4 Å². The van der Waals surface area contributed by atoms with Gasteiger partial charge in [-0.2, -0.15) is 21.6 Å². The molecule has 0 amide bonds. The summed E-state index contributed by atoms with van der Waals surface area (Å²) in [4.78, 5) is 12.8. The van der Waals surface area contributed by atoms with Crippen LogP contribution in [-0.4, -0.2) is 44.0 Å². The Kier molecular flexibility index (Phi) is 9.31. The normalized spacial score (nSPS) is 12.3. The van der Waals surface area contributed by atoms with Crippen molar-refractivity contribution in [3.63, 3.8) is 0 Å². The first-order valence-electron chi connectivity index (χ1n) is 9.53. The van der Waals surface area contributed by atoms with Crippen molar-refractivity contribution in [2.24, 2.45) is 0 Å². The van der Waals surface area contributed by atoms with Crippen LogP contribution in [0, 0.1) is 13.8 Å². The van der Waals surface area contributed by atoms with Gasteiger partial charge in [-0.1, -0.05) is 47.5 Å². The number of anilines is 1. The summed E-state index contributed by atoms with van der Waals surface area (Å²) in [6.07, 6.45) is 0. The maximum Gasteiger partial charge on any atom is 0.421 e. The smallest absolute Gasteiger partial charge is 0.350 e. The third-order valence-corrected chi connectivity index (χ3v) is 8.21. The predicted molar refractivity (Wildman–Crippen MR) is 135 cm³/mol. The van der Waals surface area contributed by atoms with E-state index >= 15 is 0 Å². The van der Waals surface area contributed by atoms with Gasteiger partial charge in [0.1, 0.15) is 16.9 Å². The molecule has 1 heterocycles. The third kappa shape index (κ3) is 6.53. The van der Waals surface area contributed by atoms with E-state index in [0.29, 0.717) is 15.5 Å². The molecule has 3 aromatic rings. The Hall–Kier alpha value is -2.64. The van der Waals surface area contributed by atoms with Gasteiger partial charge in [0.15, 0.2) is 0 Å². The van der Waals surface area contributed by atoms with Gasteiger partial charge >= 0.3 is 26.0 Å². The second-order valence-electron chi connectivity index (χ2n) is 6.83. The molecule has 0 atom stereocenters. The SMILES string of the molecule is CO[N+](=C(Nc1nc(C)cc(C)n1)NS(=O)(=O)c1ccccc1Cl)S(=O)(=O)c1ccccc1Cl.Cl. The summed E-state index contributed by atoms with van der Waals surface area (Å²) in [6, 6.07) is 13.0. The quantitative estimate of drug-likeness (QED) is 0.196. The molecule has 188 valence electrons. The van der Waals surface area contributed by atoms with Crippen LogP contribution in [0.25, 0.3) is 0 Å². The highest BCUT2D eigenvalue weighted by atomic mass is 35.5. The molecule has 0 saturated heterocycles. The van der Waals surface area contributed by atoms with Crippen molar-refractivity contribution >= 4 is 67.6 Å². The molecule has 1 aromatic heterocycles. The van der Waals surface area contributed by atoms with E-state index in [9.17, 15) is 16.8 Å². The van der Waals surface area contributed by atoms with Gasteiger partial charge in [-0.3, -0.25) is 0 Å². The highest BCUT2D eigenvalue weighted by molar-refractivity contribution is 7.90. The largest absolute Gasteiger partial charge is 0.421 e. The van der Waals surface area contributed by atoms with E-state index in [1.54, 1.807) is 32.0 Å². The number of aryl methyl sites for hydroxylation is 2. The van der Waals surface area contributed by atoms with Crippen LogP contribution in [0.3, 0.4) is 0 Å². The van der Waals surface area contributed by atoms with Crippen LogP contribution >= 0.6 is 35.6 Å². The Morgan fingerprint density at radius 3 is 1.86 bits per heavy atom. The van der Waals surface area contributed by atoms with Crippen molar-refractivity contribution in [3.05, 3.63) is 76.0 Å². The van der Waals surface area contributed by atoms with E-state index in [1.807, 2.05) is 0 Å². The average molecular weight is 582 g/mol. The maximum absolute atomic E-state index is 13.4. The fraction of sp³-hybridized carbons (Fsp3) is 0.150. The first-order valence-corrected chi connectivity index (χ1v) is 13.2. The Balaban J connectivity index is 0.00000432. The summed E-state index contributed by atoms with van der Waals surface area (Å²) in [6.45, 7) is 3.39. The van der Waals surface area contributed by atoms with E-state index < -0.39 is 26.0 Å². The first-order chi connectivity index (χ1) is 16.0. The van der Waals surface area contributed by atoms with Crippen molar-refractivity contribution in [3.8, 4) is 0 Å². The zero-order valence-corrected chi connectivity index (χ0v) is 22.5. The summed E-state index contributed by atoms with van der Waals surface area (Å²) in [5.74, 6) is -0.710. The Bertz CT molecular complexity index is 1460. The number of guanidine groups is 1. The molecule has 0 saturated carbocycles. The molecule has 35 heavy (non-hydrogen) atoms. The molecule has 2 aromatic carbocycles. The average Bonchev–Trinajstić information content (AvgIpc) is 2.73. The lowest BCUT2D eigenvalue weighted by molar-refractivity contribution is -0.667. The topological polar surface area (TPSA) is 130 Å². The number of halogens is 3. The van der Waals surface area contributed by atoms with Crippen molar-refractivity contribution in [1.82, 2.24) is 14.7 Å². The van der Waals surface area contributed by atoms with Crippen molar-refractivity contribution in [2.45, 2.75) is 23.6 Å². The molecule has 0 aliphatic carbocycles. The lowest BCUT2D eigenvalue weighted by Gasteiger charge is -2.13. The number of sulfonamides is 2. The molecule has 0 aliphatic rings. The van der Waals surface area contributed by atoms with E-state index in [2.05, 4.69) is 20.0 Å². The minimum atomic E-state index is -4.52. The number of hydrogen-bond donors (Lipinski definition) is 2. The van der Waals surface area contributed by atoms with Gasteiger partial charge in [0.25, 0.3) is 5.95 Å². The molecular weight excluding hydrogens is 561 g/mol. The molecule has 3 rings (SSSR count). The number of benzene rings is 2. The fourth-order valence-corrected chi connectivity index (χ4v) is 6.17. The summed E-state index contributed by atoms with van der Waals surface area (Å²) in [5.41, 5.74) is 1.11. The van der Waals surface area contributed by atoms with E-state index in [-0.39, 0.29) is 38.2 Å². The van der Waals surface area contributed by atoms with Crippen LogP contribution < -0.4 is 10.0 Å². The van der Waals surface area contributed by atoms with Gasteiger partial charge in [0.05, 0.1) is 10.0 Å². The lowest BCUT2D eigenvalue weighted by Crippen LogP contribution is -2.45. The van der Waals surface area contributed by atoms with Crippen molar-refractivity contribution < 1.29 is 25.8 Å². The molecule has 2 N–H and O–H groups in total. The summed E-state index contributed by atoms with van der Waals surface area (Å²) < 4.78 is 55.6. The van der Waals surface area contributed by atoms with Crippen LogP contribution in [0.2, 0.25) is 10.0 Å². The fourth-order valence-electron chi connectivity index (χ4n) is 2.89. The molecule has 10 nitrogen and oxygen atoms in total. The second kappa shape index (κ2) is 11.4. The molecule has 15 heteroatoms. The molecular formula is C20H21Cl3N5O5S2+. The van der Waals surface area contributed by atoms with Crippen LogP contribution in [0.1, 0.15) is 11.4 Å². The zero-order valence-electron chi connectivity index (χ0n) is 18.6. The molecule has 0 spiro atoms. The minimum Gasteiger partial charge on any atom is -0.350 e. The van der Waals surface area contributed by atoms with Gasteiger partial charge < -0.3 is 4.84 Å².